The predicted octanol–water partition coefficient (Wildman–Crippen LogP) is 0.749. The molecule has 0 aromatic carbocycles. The van der Waals surface area contributed by atoms with E-state index < -0.39 is 21.8 Å². The van der Waals surface area contributed by atoms with Crippen LogP contribution in [-0.4, -0.2) is 54.5 Å². The molecule has 2 aliphatic heterocycles. The van der Waals surface area contributed by atoms with Crippen molar-refractivity contribution >= 4 is 15.8 Å². The number of piperidine rings is 1. The lowest BCUT2D eigenvalue weighted by atomic mass is 9.88. The van der Waals surface area contributed by atoms with Crippen LogP contribution in [0.4, 0.5) is 0 Å². The molecule has 0 saturated carbocycles. The third kappa shape index (κ3) is 2.85. The van der Waals surface area contributed by atoms with E-state index in [1.807, 2.05) is 4.90 Å². The van der Waals surface area contributed by atoms with Crippen LogP contribution in [0, 0.1) is 5.92 Å². The van der Waals surface area contributed by atoms with E-state index in [4.69, 9.17) is 0 Å². The lowest BCUT2D eigenvalue weighted by Gasteiger charge is -2.40. The van der Waals surface area contributed by atoms with Crippen molar-refractivity contribution in [3.05, 3.63) is 0 Å². The Labute approximate surface area is 108 Å². The first-order chi connectivity index (χ1) is 8.43. The molecule has 0 aromatic rings. The van der Waals surface area contributed by atoms with Crippen molar-refractivity contribution in [3.63, 3.8) is 0 Å². The number of aliphatic carboxylic acids is 1. The Hall–Kier alpha value is -0.620. The minimum atomic E-state index is -2.95. The Morgan fingerprint density at radius 3 is 2.61 bits per heavy atom. The summed E-state index contributed by atoms with van der Waals surface area (Å²) >= 11 is 0. The van der Waals surface area contributed by atoms with E-state index in [0.29, 0.717) is 18.8 Å². The molecule has 0 radical (unpaired) electrons. The number of likely N-dealkylation sites (tertiary alicyclic amines) is 1. The molecule has 0 spiro atoms. The highest BCUT2D eigenvalue weighted by Gasteiger charge is 2.40. The third-order valence-corrected chi connectivity index (χ3v) is 6.04. The van der Waals surface area contributed by atoms with Crippen LogP contribution in [-0.2, 0) is 14.6 Å². The summed E-state index contributed by atoms with van der Waals surface area (Å²) in [6.45, 7) is 2.80. The van der Waals surface area contributed by atoms with Gasteiger partial charge in [-0.3, -0.25) is 9.69 Å². The fraction of sp³-hybridized carbons (Fsp3) is 0.917. The second-order valence-corrected chi connectivity index (χ2v) is 7.68. The molecule has 2 fully saturated rings. The first-order valence-electron chi connectivity index (χ1n) is 6.62. The first-order valence-corrected chi connectivity index (χ1v) is 8.44. The van der Waals surface area contributed by atoms with E-state index >= 15 is 0 Å². The van der Waals surface area contributed by atoms with Crippen LogP contribution in [0.1, 0.15) is 32.6 Å². The van der Waals surface area contributed by atoms with Gasteiger partial charge in [0.2, 0.25) is 0 Å². The molecule has 2 heterocycles. The number of hydrogen-bond donors (Lipinski definition) is 1. The molecule has 0 aromatic heterocycles. The molecule has 0 aliphatic carbocycles. The number of rotatable bonds is 3. The summed E-state index contributed by atoms with van der Waals surface area (Å²) in [6.07, 6.45) is 3.22. The molecular formula is C12H21NO4S. The van der Waals surface area contributed by atoms with Crippen LogP contribution >= 0.6 is 0 Å². The number of carboxylic acid groups (broad SMARTS) is 1. The average molecular weight is 275 g/mol. The number of carboxylic acids is 1. The molecule has 5 nitrogen and oxygen atoms in total. The van der Waals surface area contributed by atoms with E-state index in [-0.39, 0.29) is 17.5 Å². The maximum Gasteiger partial charge on any atom is 0.320 e. The van der Waals surface area contributed by atoms with Gasteiger partial charge in [0.05, 0.1) is 11.5 Å². The smallest absolute Gasteiger partial charge is 0.320 e. The third-order valence-electron chi connectivity index (χ3n) is 4.29. The highest BCUT2D eigenvalue weighted by atomic mass is 32.2. The largest absolute Gasteiger partial charge is 0.480 e. The Bertz CT molecular complexity index is 420. The fourth-order valence-corrected chi connectivity index (χ4v) is 4.89. The molecule has 1 N–H and O–H groups in total. The summed E-state index contributed by atoms with van der Waals surface area (Å²) in [6, 6.07) is -0.587. The molecule has 0 bridgehead atoms. The van der Waals surface area contributed by atoms with Gasteiger partial charge in [-0.2, -0.15) is 0 Å². The zero-order valence-electron chi connectivity index (χ0n) is 10.7. The molecular weight excluding hydrogens is 254 g/mol. The van der Waals surface area contributed by atoms with Crippen LogP contribution in [0.25, 0.3) is 0 Å². The summed E-state index contributed by atoms with van der Waals surface area (Å²) in [5.74, 6) is -0.0107. The number of carbonyl (C=O) groups is 1. The number of hydrogen-bond acceptors (Lipinski definition) is 4. The monoisotopic (exact) mass is 275 g/mol. The van der Waals surface area contributed by atoms with E-state index in [0.717, 1.165) is 19.4 Å². The molecule has 18 heavy (non-hydrogen) atoms. The minimum absolute atomic E-state index is 0.0890. The molecule has 6 heteroatoms. The molecule has 104 valence electrons. The molecule has 2 aliphatic rings. The summed E-state index contributed by atoms with van der Waals surface area (Å²) in [7, 11) is -2.95. The Balaban J connectivity index is 2.09. The van der Waals surface area contributed by atoms with Crippen LogP contribution in [0.3, 0.4) is 0 Å². The molecule has 2 rings (SSSR count). The molecule has 3 atom stereocenters. The van der Waals surface area contributed by atoms with Gasteiger partial charge in [-0.1, -0.05) is 13.3 Å². The van der Waals surface area contributed by atoms with Gasteiger partial charge >= 0.3 is 5.97 Å². The van der Waals surface area contributed by atoms with Gasteiger partial charge < -0.3 is 5.11 Å². The highest BCUT2D eigenvalue weighted by Crippen LogP contribution is 2.30. The van der Waals surface area contributed by atoms with Crippen LogP contribution in [0.5, 0.6) is 0 Å². The SMILES string of the molecule is CCC1CCN(C2CCS(=O)(=O)C2)C(C(=O)O)C1. The summed E-state index contributed by atoms with van der Waals surface area (Å²) < 4.78 is 23.0. The summed E-state index contributed by atoms with van der Waals surface area (Å²) in [4.78, 5) is 13.3. The normalized spacial score (nSPS) is 36.6. The van der Waals surface area contributed by atoms with Crippen molar-refractivity contribution in [2.24, 2.45) is 5.92 Å². The maximum absolute atomic E-state index is 11.5. The number of nitrogens with zero attached hydrogens (tertiary/aromatic N) is 1. The molecule has 0 amide bonds. The topological polar surface area (TPSA) is 74.7 Å². The van der Waals surface area contributed by atoms with Gasteiger partial charge in [-0.15, -0.1) is 0 Å². The highest BCUT2D eigenvalue weighted by molar-refractivity contribution is 7.91. The second kappa shape index (κ2) is 5.17. The quantitative estimate of drug-likeness (QED) is 0.822. The zero-order chi connectivity index (χ0) is 13.3. The van der Waals surface area contributed by atoms with Gasteiger partial charge in [-0.25, -0.2) is 8.42 Å². The molecule has 3 unspecified atom stereocenters. The van der Waals surface area contributed by atoms with Gasteiger partial charge in [0, 0.05) is 6.04 Å². The van der Waals surface area contributed by atoms with E-state index in [2.05, 4.69) is 6.92 Å². The molecule has 2 saturated heterocycles. The average Bonchev–Trinajstić information content (AvgIpc) is 2.68. The van der Waals surface area contributed by atoms with Crippen LogP contribution in [0.2, 0.25) is 0 Å². The maximum atomic E-state index is 11.5. The zero-order valence-corrected chi connectivity index (χ0v) is 11.5. The van der Waals surface area contributed by atoms with Gasteiger partial charge in [-0.05, 0) is 31.7 Å². The Morgan fingerprint density at radius 1 is 1.39 bits per heavy atom. The van der Waals surface area contributed by atoms with E-state index in [9.17, 15) is 18.3 Å². The first kappa shape index (κ1) is 13.8. The van der Waals surface area contributed by atoms with Crippen molar-refractivity contribution in [3.8, 4) is 0 Å². The van der Waals surface area contributed by atoms with E-state index in [1.165, 1.54) is 0 Å². The standard InChI is InChI=1S/C12H21NO4S/c1-2-9-3-5-13(11(7-9)12(14)15)10-4-6-18(16,17)8-10/h9-11H,2-8H2,1H3,(H,14,15). The second-order valence-electron chi connectivity index (χ2n) is 5.45. The van der Waals surface area contributed by atoms with Crippen molar-refractivity contribution in [2.45, 2.75) is 44.7 Å². The number of sulfone groups is 1. The van der Waals surface area contributed by atoms with Gasteiger partial charge in [0.25, 0.3) is 0 Å². The summed E-state index contributed by atoms with van der Waals surface area (Å²) in [5, 5.41) is 9.32. The van der Waals surface area contributed by atoms with Crippen molar-refractivity contribution in [1.29, 1.82) is 0 Å². The van der Waals surface area contributed by atoms with Crippen LogP contribution in [0.15, 0.2) is 0 Å². The predicted molar refractivity (Wildman–Crippen MR) is 68.2 cm³/mol. The Morgan fingerprint density at radius 2 is 2.11 bits per heavy atom. The summed E-state index contributed by atoms with van der Waals surface area (Å²) in [5.41, 5.74) is 0. The van der Waals surface area contributed by atoms with Crippen molar-refractivity contribution < 1.29 is 18.3 Å². The van der Waals surface area contributed by atoms with Gasteiger partial charge in [0.1, 0.15) is 6.04 Å². The van der Waals surface area contributed by atoms with Crippen molar-refractivity contribution in [1.82, 2.24) is 4.90 Å². The fourth-order valence-electron chi connectivity index (χ4n) is 3.14. The van der Waals surface area contributed by atoms with Gasteiger partial charge in [0.15, 0.2) is 9.84 Å². The lowest BCUT2D eigenvalue weighted by molar-refractivity contribution is -0.146. The van der Waals surface area contributed by atoms with Crippen LogP contribution < -0.4 is 0 Å². The van der Waals surface area contributed by atoms with Crippen molar-refractivity contribution in [2.75, 3.05) is 18.1 Å². The Kier molecular flexibility index (Phi) is 3.96. The minimum Gasteiger partial charge on any atom is -0.480 e. The lowest BCUT2D eigenvalue weighted by Crippen LogP contribution is -2.52. The van der Waals surface area contributed by atoms with E-state index in [1.54, 1.807) is 0 Å².